The zero-order valence-corrected chi connectivity index (χ0v) is 26.0. The number of ketones is 1. The molecule has 0 bridgehead atoms. The van der Waals surface area contributed by atoms with E-state index in [-0.39, 0.29) is 53.9 Å². The fraction of sp³-hybridized carbons (Fsp3) is 0.171. The summed E-state index contributed by atoms with van der Waals surface area (Å²) < 4.78 is 28.7. The fourth-order valence-corrected chi connectivity index (χ4v) is 4.82. The molecule has 5 aromatic rings. The molecule has 0 spiro atoms. The van der Waals surface area contributed by atoms with E-state index >= 15 is 0 Å². The second-order valence-electron chi connectivity index (χ2n) is 10.0. The van der Waals surface area contributed by atoms with Gasteiger partial charge < -0.3 is 34.5 Å². The quantitative estimate of drug-likeness (QED) is 0.123. The third-order valence-electron chi connectivity index (χ3n) is 6.96. The van der Waals surface area contributed by atoms with E-state index in [0.29, 0.717) is 28.6 Å². The summed E-state index contributed by atoms with van der Waals surface area (Å²) >= 11 is 6.73. The molecule has 46 heavy (non-hydrogen) atoms. The Labute approximate surface area is 271 Å². The molecule has 1 heterocycles. The molecule has 0 saturated carbocycles. The number of halogens is 1. The van der Waals surface area contributed by atoms with Crippen molar-refractivity contribution in [1.82, 2.24) is 5.16 Å². The van der Waals surface area contributed by atoms with E-state index in [1.807, 2.05) is 60.7 Å². The second-order valence-corrected chi connectivity index (χ2v) is 10.5. The lowest BCUT2D eigenvalue weighted by Crippen LogP contribution is -2.16. The van der Waals surface area contributed by atoms with Crippen LogP contribution in [0.1, 0.15) is 38.4 Å². The number of nitrogens with one attached hydrogen (secondary N) is 1. The molecule has 236 valence electrons. The van der Waals surface area contributed by atoms with Crippen molar-refractivity contribution in [3.05, 3.63) is 118 Å². The van der Waals surface area contributed by atoms with Crippen molar-refractivity contribution in [3.63, 3.8) is 0 Å². The molecule has 0 saturated heterocycles. The van der Waals surface area contributed by atoms with Gasteiger partial charge in [-0.1, -0.05) is 77.4 Å². The van der Waals surface area contributed by atoms with E-state index in [9.17, 15) is 9.59 Å². The summed E-state index contributed by atoms with van der Waals surface area (Å²) in [5.74, 6) is 0.601. The van der Waals surface area contributed by atoms with Gasteiger partial charge in [0.2, 0.25) is 0 Å². The summed E-state index contributed by atoms with van der Waals surface area (Å²) in [6.45, 7) is 0.549. The number of nitrogens with zero attached hydrogens (tertiary/aromatic N) is 1. The number of hydrogen-bond acceptors (Lipinski definition) is 9. The molecular formula is C35H32ClN3O7. The van der Waals surface area contributed by atoms with Crippen molar-refractivity contribution in [2.45, 2.75) is 19.6 Å². The van der Waals surface area contributed by atoms with E-state index in [0.717, 1.165) is 11.1 Å². The van der Waals surface area contributed by atoms with Gasteiger partial charge >= 0.3 is 0 Å². The van der Waals surface area contributed by atoms with Crippen molar-refractivity contribution >= 4 is 29.0 Å². The van der Waals surface area contributed by atoms with Gasteiger partial charge in [0.25, 0.3) is 5.91 Å². The summed E-state index contributed by atoms with van der Waals surface area (Å²) in [6.07, 6.45) is -0.0183. The van der Waals surface area contributed by atoms with Gasteiger partial charge in [-0.25, -0.2) is 0 Å². The average Bonchev–Trinajstić information content (AvgIpc) is 3.50. The van der Waals surface area contributed by atoms with Crippen molar-refractivity contribution in [2.24, 2.45) is 5.73 Å². The number of nitrogens with two attached hydrogens (primary N) is 1. The minimum atomic E-state index is -0.548. The molecule has 0 aliphatic rings. The van der Waals surface area contributed by atoms with Crippen molar-refractivity contribution in [2.75, 3.05) is 26.1 Å². The Hall–Kier alpha value is -5.32. The Morgan fingerprint density at radius 1 is 0.804 bits per heavy atom. The molecule has 4 aromatic carbocycles. The summed E-state index contributed by atoms with van der Waals surface area (Å²) in [5.41, 5.74) is 8.06. The van der Waals surface area contributed by atoms with Crippen LogP contribution in [0.4, 0.5) is 5.69 Å². The Bertz CT molecular complexity index is 1810. The Morgan fingerprint density at radius 2 is 1.43 bits per heavy atom. The van der Waals surface area contributed by atoms with Gasteiger partial charge in [0.15, 0.2) is 28.7 Å². The van der Waals surface area contributed by atoms with Crippen LogP contribution in [0.2, 0.25) is 5.02 Å². The maximum atomic E-state index is 13.5. The molecule has 0 fully saturated rings. The van der Waals surface area contributed by atoms with Crippen molar-refractivity contribution < 1.29 is 33.1 Å². The molecule has 0 aliphatic heterocycles. The highest BCUT2D eigenvalue weighted by atomic mass is 35.5. The number of amides is 1. The molecule has 3 N–H and O–H groups in total. The lowest BCUT2D eigenvalue weighted by molar-refractivity contribution is 0.0977. The van der Waals surface area contributed by atoms with E-state index in [2.05, 4.69) is 10.5 Å². The number of benzene rings is 4. The monoisotopic (exact) mass is 641 g/mol. The van der Waals surface area contributed by atoms with Gasteiger partial charge in [0.05, 0.1) is 24.8 Å². The summed E-state index contributed by atoms with van der Waals surface area (Å²) in [4.78, 5) is 26.6. The molecule has 0 radical (unpaired) electrons. The standard InChI is InChI=1S/C35H32ClN3O7/c1-42-28-14-13-24(17-31(28)43-2)35(41)38-33-32(27(40)15-16-37)39-46-34(33)25-18-26(36)30(45-21-23-11-7-4-8-12-23)19-29(25)44-20-22-9-5-3-6-10-22/h3-14,17-19H,15-16,20-21,37H2,1-2H3,(H,38,41). The number of aromatic nitrogens is 1. The molecule has 0 unspecified atom stereocenters. The third-order valence-corrected chi connectivity index (χ3v) is 7.26. The van der Waals surface area contributed by atoms with Crippen LogP contribution in [0, 0.1) is 0 Å². The van der Waals surface area contributed by atoms with Crippen LogP contribution in [0.5, 0.6) is 23.0 Å². The fourth-order valence-electron chi connectivity index (χ4n) is 4.61. The van der Waals surface area contributed by atoms with Gasteiger partial charge in [-0.05, 0) is 41.9 Å². The molecule has 0 atom stereocenters. The first-order valence-corrected chi connectivity index (χ1v) is 14.7. The lowest BCUT2D eigenvalue weighted by Gasteiger charge is -2.16. The van der Waals surface area contributed by atoms with Gasteiger partial charge in [-0.2, -0.15) is 0 Å². The molecule has 11 heteroatoms. The molecule has 1 amide bonds. The van der Waals surface area contributed by atoms with Gasteiger partial charge in [-0.15, -0.1) is 0 Å². The van der Waals surface area contributed by atoms with Gasteiger partial charge in [0.1, 0.15) is 30.4 Å². The predicted molar refractivity (Wildman–Crippen MR) is 174 cm³/mol. The number of rotatable bonds is 14. The summed E-state index contributed by atoms with van der Waals surface area (Å²) in [5, 5.41) is 7.09. The van der Waals surface area contributed by atoms with E-state index in [1.54, 1.807) is 24.3 Å². The number of anilines is 1. The maximum absolute atomic E-state index is 13.5. The zero-order chi connectivity index (χ0) is 32.5. The van der Waals surface area contributed by atoms with Crippen molar-refractivity contribution in [1.29, 1.82) is 0 Å². The molecule has 1 aromatic heterocycles. The number of methoxy groups -OCH3 is 2. The first-order valence-electron chi connectivity index (χ1n) is 14.4. The summed E-state index contributed by atoms with van der Waals surface area (Å²) in [6, 6.07) is 27.1. The van der Waals surface area contributed by atoms with E-state index in [1.165, 1.54) is 20.3 Å². The van der Waals surface area contributed by atoms with Crippen LogP contribution in [0.25, 0.3) is 11.3 Å². The highest BCUT2D eigenvalue weighted by Gasteiger charge is 2.28. The van der Waals surface area contributed by atoms with Crippen LogP contribution in [0.3, 0.4) is 0 Å². The number of carbonyl (C=O) groups is 2. The number of hydrogen-bond donors (Lipinski definition) is 2. The first-order chi connectivity index (χ1) is 22.4. The SMILES string of the molecule is COc1ccc(C(=O)Nc2c(C(=O)CCN)noc2-c2cc(Cl)c(OCc3ccccc3)cc2OCc2ccccc2)cc1OC. The van der Waals surface area contributed by atoms with Crippen LogP contribution < -0.4 is 30.0 Å². The van der Waals surface area contributed by atoms with E-state index < -0.39 is 11.7 Å². The van der Waals surface area contributed by atoms with Crippen LogP contribution >= 0.6 is 11.6 Å². The minimum absolute atomic E-state index is 0.0183. The topological polar surface area (TPSA) is 135 Å². The molecule has 0 aliphatic carbocycles. The number of carbonyl (C=O) groups excluding carboxylic acids is 2. The molecule has 10 nitrogen and oxygen atoms in total. The average molecular weight is 642 g/mol. The Kier molecular flexibility index (Phi) is 10.5. The van der Waals surface area contributed by atoms with E-state index in [4.69, 9.17) is 40.8 Å². The lowest BCUT2D eigenvalue weighted by atomic mass is 10.1. The third kappa shape index (κ3) is 7.48. The Morgan fingerprint density at radius 3 is 2.04 bits per heavy atom. The largest absolute Gasteiger partial charge is 0.493 e. The number of Topliss-reactive ketones (excluding diaryl/α,β-unsaturated/α-hetero) is 1. The van der Waals surface area contributed by atoms with Gasteiger partial charge in [0, 0.05) is 18.1 Å². The number of ether oxygens (including phenoxy) is 4. The normalized spacial score (nSPS) is 10.7. The minimum Gasteiger partial charge on any atom is -0.493 e. The summed E-state index contributed by atoms with van der Waals surface area (Å²) in [7, 11) is 2.96. The zero-order valence-electron chi connectivity index (χ0n) is 25.2. The van der Waals surface area contributed by atoms with Gasteiger partial charge in [-0.3, -0.25) is 9.59 Å². The Balaban J connectivity index is 1.56. The molecular weight excluding hydrogens is 610 g/mol. The predicted octanol–water partition coefficient (Wildman–Crippen LogP) is 6.95. The van der Waals surface area contributed by atoms with Crippen molar-refractivity contribution in [3.8, 4) is 34.3 Å². The van der Waals surface area contributed by atoms with Crippen LogP contribution in [0.15, 0.2) is 95.5 Å². The maximum Gasteiger partial charge on any atom is 0.255 e. The highest BCUT2D eigenvalue weighted by molar-refractivity contribution is 6.32. The highest BCUT2D eigenvalue weighted by Crippen LogP contribution is 2.43. The first kappa shape index (κ1) is 32.1. The van der Waals surface area contributed by atoms with Crippen LogP contribution in [-0.4, -0.2) is 37.6 Å². The second kappa shape index (κ2) is 15.1. The van der Waals surface area contributed by atoms with Crippen LogP contribution in [-0.2, 0) is 13.2 Å². The smallest absolute Gasteiger partial charge is 0.255 e. The molecule has 5 rings (SSSR count).